The Labute approximate surface area is 326 Å². The average molecular weight is 888 g/mol. The fraction of sp³-hybridized carbons (Fsp3) is 0.571. The number of thioether (sulfide) groups is 1. The molecule has 2 saturated heterocycles. The van der Waals surface area contributed by atoms with Crippen molar-refractivity contribution in [1.29, 1.82) is 0 Å². The summed E-state index contributed by atoms with van der Waals surface area (Å²) in [5.74, 6) is -1.18. The van der Waals surface area contributed by atoms with Crippen LogP contribution in [0.3, 0.4) is 0 Å². The Balaban J connectivity index is 1.05. The first kappa shape index (κ1) is 45.1. The summed E-state index contributed by atoms with van der Waals surface area (Å²) in [5.41, 5.74) is 4.81. The fourth-order valence-corrected chi connectivity index (χ4v) is 8.99. The summed E-state index contributed by atoms with van der Waals surface area (Å²) in [6, 6.07) is 0. The first-order valence-electron chi connectivity index (χ1n) is 16.7. The normalized spacial score (nSPS) is 25.9. The highest BCUT2D eigenvalue weighted by molar-refractivity contribution is 8.14. The SMILES string of the molecule is CC(C)(COP(=O)(O)OP(=O)(O)OC[C@H]1O[C@@H](n2cnc3c(N)ncnc32)[C@H](O)[C@@H]1OP(=O)(O)O)[C@@H](O)C(=O)NCCC(=O)NCCSC(=O)C1=CC=CC2OC12. The number of nitrogen functional groups attached to an aromatic ring is 1. The van der Waals surface area contributed by atoms with Crippen molar-refractivity contribution in [2.24, 2.45) is 5.41 Å². The van der Waals surface area contributed by atoms with Crippen molar-refractivity contribution in [2.75, 3.05) is 37.8 Å². The second-order valence-electron chi connectivity index (χ2n) is 13.2. The first-order chi connectivity index (χ1) is 26.6. The van der Waals surface area contributed by atoms with Crippen LogP contribution >= 0.6 is 35.2 Å². The quantitative estimate of drug-likeness (QED) is 0.0434. The van der Waals surface area contributed by atoms with Crippen LogP contribution in [0.25, 0.3) is 11.2 Å². The number of fused-ring (bicyclic) bond motifs is 2. The van der Waals surface area contributed by atoms with Crippen LogP contribution in [0.2, 0.25) is 0 Å². The van der Waals surface area contributed by atoms with Gasteiger partial charge in [-0.3, -0.25) is 32.5 Å². The van der Waals surface area contributed by atoms with Gasteiger partial charge in [0.15, 0.2) is 17.7 Å². The van der Waals surface area contributed by atoms with E-state index in [2.05, 4.69) is 34.4 Å². The van der Waals surface area contributed by atoms with Gasteiger partial charge in [0, 0.05) is 36.3 Å². The van der Waals surface area contributed by atoms with Crippen LogP contribution in [-0.4, -0.2) is 135 Å². The molecule has 0 radical (unpaired) electrons. The van der Waals surface area contributed by atoms with E-state index in [4.69, 9.17) is 24.3 Å². The molecule has 4 heterocycles. The number of ether oxygens (including phenoxy) is 2. The standard InChI is InChI=1S/C28H40N7O18P3S/c1-28(2,22(38)25(39)31-7-6-17(36)30-8-9-57-27(40)14-4-3-5-15-20(14)50-15)11-49-56(46,47)53-55(44,45)48-10-16-21(52-54(41,42)43)19(37)26(51-16)35-13-34-18-23(29)32-12-33-24(18)35/h3-5,12-13,15-16,19-22,26,37-38H,6-11H2,1-2H3,(H,30,36)(H,31,39)(H,44,45)(H,46,47)(H2,29,32,33)(H2,41,42,43)/t15?,16-,19-,20?,21-,22+,26-/m1/s1. The number of phosphoric acid groups is 3. The summed E-state index contributed by atoms with van der Waals surface area (Å²) in [7, 11) is -16.4. The largest absolute Gasteiger partial charge is 0.481 e. The van der Waals surface area contributed by atoms with Crippen LogP contribution in [-0.2, 0) is 55.4 Å². The van der Waals surface area contributed by atoms with Gasteiger partial charge in [-0.05, 0) is 0 Å². The summed E-state index contributed by atoms with van der Waals surface area (Å²) >= 11 is 1.02. The molecule has 1 aliphatic carbocycles. The van der Waals surface area contributed by atoms with Crippen molar-refractivity contribution in [2.45, 2.75) is 63.1 Å². The minimum atomic E-state index is -5.57. The predicted molar refractivity (Wildman–Crippen MR) is 193 cm³/mol. The molecule has 0 aromatic carbocycles. The number of carbonyl (C=O) groups is 3. The van der Waals surface area contributed by atoms with Crippen molar-refractivity contribution in [1.82, 2.24) is 30.2 Å². The number of nitrogens with one attached hydrogen (secondary N) is 2. The lowest BCUT2D eigenvalue weighted by Gasteiger charge is -2.30. The number of allylic oxidation sites excluding steroid dienone is 2. The number of nitrogens with two attached hydrogens (primary N) is 1. The van der Waals surface area contributed by atoms with Gasteiger partial charge in [0.05, 0.1) is 19.5 Å². The Morgan fingerprint density at radius 3 is 2.49 bits per heavy atom. The third-order valence-corrected chi connectivity index (χ3v) is 12.4. The lowest BCUT2D eigenvalue weighted by atomic mass is 9.87. The van der Waals surface area contributed by atoms with Crippen molar-refractivity contribution in [3.05, 3.63) is 36.5 Å². The molecular formula is C28H40N7O18P3S. The first-order valence-corrected chi connectivity index (χ1v) is 22.2. The third-order valence-electron chi connectivity index (χ3n) is 8.38. The van der Waals surface area contributed by atoms with Crippen LogP contribution in [0.1, 0.15) is 26.5 Å². The van der Waals surface area contributed by atoms with Gasteiger partial charge in [0.1, 0.15) is 48.5 Å². The van der Waals surface area contributed by atoms with Gasteiger partial charge >= 0.3 is 23.5 Å². The molecule has 5 rings (SSSR count). The number of rotatable bonds is 20. The van der Waals surface area contributed by atoms with Crippen molar-refractivity contribution >= 4 is 69.1 Å². The highest BCUT2D eigenvalue weighted by atomic mass is 32.2. The monoisotopic (exact) mass is 887 g/mol. The van der Waals surface area contributed by atoms with Crippen LogP contribution < -0.4 is 16.4 Å². The maximum Gasteiger partial charge on any atom is 0.481 e. The summed E-state index contributed by atoms with van der Waals surface area (Å²) in [5, 5.41) is 26.2. The molecule has 2 aromatic heterocycles. The average Bonchev–Trinajstić information content (AvgIpc) is 3.71. The number of amides is 2. The minimum Gasteiger partial charge on any atom is -0.386 e. The lowest BCUT2D eigenvalue weighted by Crippen LogP contribution is -2.46. The number of aliphatic hydroxyl groups excluding tert-OH is 2. The number of epoxide rings is 1. The van der Waals surface area contributed by atoms with E-state index in [0.717, 1.165) is 29.0 Å². The van der Waals surface area contributed by atoms with E-state index in [1.807, 2.05) is 6.08 Å². The number of nitrogens with zero attached hydrogens (tertiary/aromatic N) is 4. The Kier molecular flexibility index (Phi) is 14.3. The van der Waals surface area contributed by atoms with Gasteiger partial charge in [-0.25, -0.2) is 28.6 Å². The topological polar surface area (TPSA) is 376 Å². The van der Waals surface area contributed by atoms with Gasteiger partial charge in [-0.1, -0.05) is 43.8 Å². The van der Waals surface area contributed by atoms with Crippen LogP contribution in [0.5, 0.6) is 0 Å². The summed E-state index contributed by atoms with van der Waals surface area (Å²) in [6.07, 6.45) is -1.94. The third kappa shape index (κ3) is 12.0. The predicted octanol–water partition coefficient (Wildman–Crippen LogP) is -1.07. The van der Waals surface area contributed by atoms with Gasteiger partial charge < -0.3 is 55.6 Å². The Morgan fingerprint density at radius 2 is 1.77 bits per heavy atom. The number of hydrogen-bond acceptors (Lipinski definition) is 19. The maximum atomic E-state index is 12.7. The van der Waals surface area contributed by atoms with Crippen LogP contribution in [0.4, 0.5) is 5.82 Å². The molecular weight excluding hydrogens is 847 g/mol. The van der Waals surface area contributed by atoms with Crippen LogP contribution in [0, 0.1) is 5.41 Å². The molecule has 57 heavy (non-hydrogen) atoms. The molecule has 2 amide bonds. The van der Waals surface area contributed by atoms with Gasteiger partial charge in [-0.15, -0.1) is 0 Å². The number of carbonyl (C=O) groups excluding carboxylic acids is 3. The number of aromatic nitrogens is 4. The maximum absolute atomic E-state index is 12.7. The molecule has 25 nitrogen and oxygen atoms in total. The molecule has 3 aliphatic rings. The lowest BCUT2D eigenvalue weighted by molar-refractivity contribution is -0.137. The van der Waals surface area contributed by atoms with Crippen LogP contribution in [0.15, 0.2) is 36.5 Å². The fourth-order valence-electron chi connectivity index (χ4n) is 5.43. The van der Waals surface area contributed by atoms with Gasteiger partial charge in [0.25, 0.3) is 0 Å². The highest BCUT2D eigenvalue weighted by Gasteiger charge is 2.50. The number of aliphatic hydroxyl groups is 2. The Bertz CT molecular complexity index is 2050. The second kappa shape index (κ2) is 18.1. The molecule has 4 unspecified atom stereocenters. The zero-order chi connectivity index (χ0) is 41.9. The van der Waals surface area contributed by atoms with Crippen molar-refractivity contribution in [3.8, 4) is 0 Å². The summed E-state index contributed by atoms with van der Waals surface area (Å²) < 4.78 is 67.5. The molecule has 316 valence electrons. The smallest absolute Gasteiger partial charge is 0.386 e. The van der Waals surface area contributed by atoms with Crippen molar-refractivity contribution < 1.29 is 85.2 Å². The van der Waals surface area contributed by atoms with E-state index in [-0.39, 0.29) is 53.8 Å². The number of anilines is 1. The van der Waals surface area contributed by atoms with E-state index >= 15 is 0 Å². The van der Waals surface area contributed by atoms with E-state index in [0.29, 0.717) is 11.3 Å². The highest BCUT2D eigenvalue weighted by Crippen LogP contribution is 2.61. The molecule has 0 bridgehead atoms. The van der Waals surface area contributed by atoms with Gasteiger partial charge in [0.2, 0.25) is 16.9 Å². The molecule has 0 spiro atoms. The number of hydrogen-bond donors (Lipinski definition) is 9. The molecule has 0 saturated carbocycles. The summed E-state index contributed by atoms with van der Waals surface area (Å²) in [6.45, 7) is 0.431. The molecule has 2 fully saturated rings. The van der Waals surface area contributed by atoms with E-state index in [1.54, 1.807) is 12.2 Å². The number of phosphoric ester groups is 3. The minimum absolute atomic E-state index is 0.0286. The van der Waals surface area contributed by atoms with E-state index in [9.17, 15) is 57.9 Å². The molecule has 10 N–H and O–H groups in total. The van der Waals surface area contributed by atoms with Gasteiger partial charge in [-0.2, -0.15) is 4.31 Å². The number of imidazole rings is 1. The molecule has 29 heteroatoms. The summed E-state index contributed by atoms with van der Waals surface area (Å²) in [4.78, 5) is 88.0. The Morgan fingerprint density at radius 1 is 1.05 bits per heavy atom. The second-order valence-corrected chi connectivity index (χ2v) is 18.5. The molecule has 2 aromatic rings. The zero-order valence-electron chi connectivity index (χ0n) is 29.9. The van der Waals surface area contributed by atoms with E-state index in [1.165, 1.54) is 13.8 Å². The van der Waals surface area contributed by atoms with E-state index < -0.39 is 84.6 Å². The Hall–Kier alpha value is -3.00. The van der Waals surface area contributed by atoms with Crippen molar-refractivity contribution in [3.63, 3.8) is 0 Å². The molecule has 9 atom stereocenters. The zero-order valence-corrected chi connectivity index (χ0v) is 33.4. The molecule has 2 aliphatic heterocycles.